The maximum absolute atomic E-state index is 11.9. The van der Waals surface area contributed by atoms with E-state index in [4.69, 9.17) is 4.74 Å². The Balaban J connectivity index is 2.45. The third-order valence-electron chi connectivity index (χ3n) is 2.59. The second-order valence-electron chi connectivity index (χ2n) is 5.27. The third kappa shape index (κ3) is 4.89. The van der Waals surface area contributed by atoms with Crippen LogP contribution in [0.1, 0.15) is 40.5 Å². The summed E-state index contributed by atoms with van der Waals surface area (Å²) < 4.78 is 7.72. The van der Waals surface area contributed by atoms with E-state index in [1.165, 1.54) is 10.8 Å². The molecule has 0 N–H and O–H groups in total. The van der Waals surface area contributed by atoms with Gasteiger partial charge in [-0.1, -0.05) is 0 Å². The molecule has 1 fully saturated rings. The third-order valence-corrected chi connectivity index (χ3v) is 5.77. The summed E-state index contributed by atoms with van der Waals surface area (Å²) in [4.78, 5) is 13.8. The summed E-state index contributed by atoms with van der Waals surface area (Å²) in [6.07, 6.45) is 2.28. The molecule has 1 unspecified atom stereocenters. The molecule has 1 aliphatic heterocycles. The van der Waals surface area contributed by atoms with E-state index in [1.54, 1.807) is 0 Å². The molecule has 0 aliphatic carbocycles. The fourth-order valence-corrected chi connectivity index (χ4v) is 4.98. The predicted molar refractivity (Wildman–Crippen MR) is 61.1 cm³/mol. The van der Waals surface area contributed by atoms with Crippen molar-refractivity contribution in [2.45, 2.75) is 46.1 Å². The van der Waals surface area contributed by atoms with Crippen molar-refractivity contribution in [2.24, 2.45) is 5.92 Å². The van der Waals surface area contributed by atoms with Gasteiger partial charge >= 0.3 is 109 Å². The summed E-state index contributed by atoms with van der Waals surface area (Å²) >= 11 is 0.149. The van der Waals surface area contributed by atoms with E-state index in [0.717, 1.165) is 23.4 Å². The van der Waals surface area contributed by atoms with Crippen molar-refractivity contribution in [1.29, 1.82) is 0 Å². The Kier molecular flexibility index (Phi) is 5.34. The van der Waals surface area contributed by atoms with E-state index >= 15 is 0 Å². The Labute approximate surface area is 109 Å². The van der Waals surface area contributed by atoms with Crippen LogP contribution < -0.4 is 21.2 Å². The molecule has 3 nitrogen and oxygen atoms in total. The van der Waals surface area contributed by atoms with Crippen LogP contribution in [0.2, 0.25) is 0 Å². The summed E-state index contributed by atoms with van der Waals surface area (Å²) in [7, 11) is 0. The van der Waals surface area contributed by atoms with Crippen LogP contribution in [0.4, 0.5) is 4.79 Å². The van der Waals surface area contributed by atoms with Crippen molar-refractivity contribution in [1.82, 2.24) is 4.90 Å². The summed E-state index contributed by atoms with van der Waals surface area (Å²) in [6, 6.07) is 0. The summed E-state index contributed by atoms with van der Waals surface area (Å²) in [5.74, 6) is 0.834. The molecule has 1 aliphatic rings. The molecule has 0 aromatic rings. The molecule has 0 spiro atoms. The number of amides is 1. The first-order valence-corrected chi connectivity index (χ1v) is 8.99. The van der Waals surface area contributed by atoms with Gasteiger partial charge in [0, 0.05) is 0 Å². The van der Waals surface area contributed by atoms with E-state index in [9.17, 15) is 4.79 Å². The van der Waals surface area contributed by atoms with E-state index in [0.29, 0.717) is 0 Å². The van der Waals surface area contributed by atoms with E-state index in [1.807, 2.05) is 25.7 Å². The monoisotopic (exact) mass is 340 g/mol. The van der Waals surface area contributed by atoms with Gasteiger partial charge in [0.05, 0.1) is 0 Å². The van der Waals surface area contributed by atoms with Crippen LogP contribution in [0.25, 0.3) is 0 Å². The van der Waals surface area contributed by atoms with E-state index < -0.39 is 0 Å². The van der Waals surface area contributed by atoms with Crippen molar-refractivity contribution in [3.05, 3.63) is 0 Å². The van der Waals surface area contributed by atoms with Crippen molar-refractivity contribution in [3.8, 4) is 0 Å². The number of ether oxygens (including phenoxy) is 1. The Bertz CT molecular complexity index is 238. The molecule has 4 heteroatoms. The first kappa shape index (κ1) is 14.1. The Morgan fingerprint density at radius 1 is 1.50 bits per heavy atom. The molecule has 0 saturated carbocycles. The standard InChI is InChI=1S/C12H23INO2/c1-5-10-6-7-14(9-13-8-10)11(15)16-12(2,3)4/h10H,5-9H2,1-4H3/q-1. The number of hydrogen-bond acceptors (Lipinski definition) is 2. The number of carbonyl (C=O) groups is 1. The molecule has 16 heavy (non-hydrogen) atoms. The Morgan fingerprint density at radius 2 is 2.19 bits per heavy atom. The molecule has 1 heterocycles. The van der Waals surface area contributed by atoms with E-state index in [2.05, 4.69) is 6.92 Å². The zero-order valence-electron chi connectivity index (χ0n) is 10.8. The quantitative estimate of drug-likeness (QED) is 0.373. The molecule has 0 radical (unpaired) electrons. The van der Waals surface area contributed by atoms with Gasteiger partial charge in [0.1, 0.15) is 0 Å². The number of hydrogen-bond donors (Lipinski definition) is 0. The second-order valence-corrected chi connectivity index (χ2v) is 7.91. The number of alkyl halides is 2. The van der Waals surface area contributed by atoms with Gasteiger partial charge in [-0.05, 0) is 0 Å². The minimum atomic E-state index is -0.369. The average Bonchev–Trinajstić information content (AvgIpc) is 2.39. The number of nitrogens with zero attached hydrogens (tertiary/aromatic N) is 1. The van der Waals surface area contributed by atoms with Gasteiger partial charge < -0.3 is 0 Å². The zero-order chi connectivity index (χ0) is 12.2. The van der Waals surface area contributed by atoms with Gasteiger partial charge in [-0.25, -0.2) is 0 Å². The predicted octanol–water partition coefficient (Wildman–Crippen LogP) is -0.300. The van der Waals surface area contributed by atoms with Crippen LogP contribution in [0.3, 0.4) is 0 Å². The summed E-state index contributed by atoms with van der Waals surface area (Å²) in [6.45, 7) is 8.90. The van der Waals surface area contributed by atoms with Crippen molar-refractivity contribution < 1.29 is 30.7 Å². The molecule has 1 rings (SSSR count). The van der Waals surface area contributed by atoms with Gasteiger partial charge in [-0.15, -0.1) is 0 Å². The average molecular weight is 340 g/mol. The van der Waals surface area contributed by atoms with Gasteiger partial charge in [0.2, 0.25) is 0 Å². The van der Waals surface area contributed by atoms with Gasteiger partial charge in [0.15, 0.2) is 0 Å². The van der Waals surface area contributed by atoms with Crippen molar-refractivity contribution in [3.63, 3.8) is 0 Å². The van der Waals surface area contributed by atoms with Gasteiger partial charge in [0.25, 0.3) is 0 Å². The Morgan fingerprint density at radius 3 is 2.75 bits per heavy atom. The van der Waals surface area contributed by atoms with Crippen LogP contribution in [-0.4, -0.2) is 32.1 Å². The topological polar surface area (TPSA) is 29.5 Å². The molecular formula is C12H23INO2-. The normalized spacial score (nSPS) is 23.2. The first-order chi connectivity index (χ1) is 7.42. The minimum absolute atomic E-state index is 0.121. The Hall–Kier alpha value is 0. The molecule has 96 valence electrons. The van der Waals surface area contributed by atoms with Crippen molar-refractivity contribution >= 4 is 6.09 Å². The summed E-state index contributed by atoms with van der Waals surface area (Å²) in [5, 5.41) is 0. The van der Waals surface area contributed by atoms with Gasteiger partial charge in [-0.3, -0.25) is 0 Å². The second kappa shape index (κ2) is 6.07. The van der Waals surface area contributed by atoms with E-state index in [-0.39, 0.29) is 32.9 Å². The van der Waals surface area contributed by atoms with Crippen LogP contribution in [0.5, 0.6) is 0 Å². The zero-order valence-corrected chi connectivity index (χ0v) is 12.9. The van der Waals surface area contributed by atoms with Crippen LogP contribution in [0.15, 0.2) is 0 Å². The van der Waals surface area contributed by atoms with Crippen LogP contribution >= 0.6 is 0 Å². The molecule has 1 atom stereocenters. The first-order valence-electron chi connectivity index (χ1n) is 5.93. The number of rotatable bonds is 1. The fourth-order valence-electron chi connectivity index (χ4n) is 1.56. The fraction of sp³-hybridized carbons (Fsp3) is 0.917. The molecule has 1 saturated heterocycles. The summed E-state index contributed by atoms with van der Waals surface area (Å²) in [5.41, 5.74) is -0.369. The maximum atomic E-state index is 11.9. The molecule has 0 aromatic carbocycles. The van der Waals surface area contributed by atoms with Crippen molar-refractivity contribution in [2.75, 3.05) is 15.5 Å². The number of carbonyl (C=O) groups excluding carboxylic acids is 1. The SMILES string of the molecule is CCC1CCN(C(=O)OC(C)(C)C)C[I-]C1. The molecule has 0 aromatic heterocycles. The van der Waals surface area contributed by atoms with Crippen LogP contribution in [-0.2, 0) is 4.74 Å². The van der Waals surface area contributed by atoms with Crippen LogP contribution in [0, 0.1) is 5.92 Å². The molecule has 0 bridgehead atoms. The van der Waals surface area contributed by atoms with Gasteiger partial charge in [-0.2, -0.15) is 0 Å². The number of halogens is 1. The molecular weight excluding hydrogens is 317 g/mol. The molecule has 1 amide bonds.